The fourth-order valence-corrected chi connectivity index (χ4v) is 2.39. The molecule has 0 aliphatic heterocycles. The van der Waals surface area contributed by atoms with Gasteiger partial charge in [-0.2, -0.15) is 0 Å². The third kappa shape index (κ3) is 4.81. The number of carbonyl (C=O) groups excluding carboxylic acids is 1. The summed E-state index contributed by atoms with van der Waals surface area (Å²) < 4.78 is 0.851. The van der Waals surface area contributed by atoms with Gasteiger partial charge < -0.3 is 5.32 Å². The van der Waals surface area contributed by atoms with E-state index in [0.717, 1.165) is 17.4 Å². The first-order valence-electron chi connectivity index (χ1n) is 6.71. The molecule has 0 heterocycles. The summed E-state index contributed by atoms with van der Waals surface area (Å²) >= 11 is 3.40. The zero-order valence-electron chi connectivity index (χ0n) is 11.2. The molecule has 0 spiro atoms. The molecule has 0 bridgehead atoms. The molecule has 0 radical (unpaired) electrons. The average Bonchev–Trinajstić information content (AvgIpc) is 2.39. The molecular formula is C15H22BrNO. The van der Waals surface area contributed by atoms with E-state index in [1.165, 1.54) is 19.3 Å². The lowest BCUT2D eigenvalue weighted by molar-refractivity contribution is 0.0945. The standard InChI is InChI=1S/C15H22BrNO/c1-3-5-8-12(4-2)11-17-15(18)13-9-6-7-10-14(13)16/h6-7,9-10,12H,3-5,8,11H2,1-2H3,(H,17,18). The Morgan fingerprint density at radius 1 is 1.33 bits per heavy atom. The first kappa shape index (κ1) is 15.2. The second kappa shape index (κ2) is 8.30. The maximum atomic E-state index is 12.0. The van der Waals surface area contributed by atoms with Crippen LogP contribution in [-0.4, -0.2) is 12.5 Å². The van der Waals surface area contributed by atoms with Crippen LogP contribution in [0.3, 0.4) is 0 Å². The third-order valence-electron chi connectivity index (χ3n) is 3.21. The minimum absolute atomic E-state index is 0.0115. The van der Waals surface area contributed by atoms with Crippen LogP contribution in [0.4, 0.5) is 0 Å². The first-order valence-corrected chi connectivity index (χ1v) is 7.51. The third-order valence-corrected chi connectivity index (χ3v) is 3.90. The summed E-state index contributed by atoms with van der Waals surface area (Å²) in [5.74, 6) is 0.605. The molecule has 100 valence electrons. The maximum Gasteiger partial charge on any atom is 0.252 e. The van der Waals surface area contributed by atoms with Crippen LogP contribution >= 0.6 is 15.9 Å². The summed E-state index contributed by atoms with van der Waals surface area (Å²) in [6.45, 7) is 5.16. The molecule has 0 saturated carbocycles. The lowest BCUT2D eigenvalue weighted by Gasteiger charge is -2.15. The Labute approximate surface area is 118 Å². The van der Waals surface area contributed by atoms with Gasteiger partial charge in [-0.15, -0.1) is 0 Å². The molecule has 0 saturated heterocycles. The maximum absolute atomic E-state index is 12.0. The molecule has 1 amide bonds. The first-order chi connectivity index (χ1) is 8.69. The van der Waals surface area contributed by atoms with E-state index in [1.807, 2.05) is 24.3 Å². The summed E-state index contributed by atoms with van der Waals surface area (Å²) in [5.41, 5.74) is 0.711. The largest absolute Gasteiger partial charge is 0.352 e. The molecule has 1 aromatic carbocycles. The van der Waals surface area contributed by atoms with Crippen LogP contribution in [-0.2, 0) is 0 Å². The Balaban J connectivity index is 2.47. The van der Waals surface area contributed by atoms with Crippen LogP contribution in [0.25, 0.3) is 0 Å². The molecule has 1 rings (SSSR count). The van der Waals surface area contributed by atoms with Crippen molar-refractivity contribution in [2.45, 2.75) is 39.5 Å². The minimum Gasteiger partial charge on any atom is -0.352 e. The average molecular weight is 312 g/mol. The Hall–Kier alpha value is -0.830. The van der Waals surface area contributed by atoms with E-state index in [4.69, 9.17) is 0 Å². The predicted molar refractivity (Wildman–Crippen MR) is 79.8 cm³/mol. The van der Waals surface area contributed by atoms with E-state index in [0.29, 0.717) is 11.5 Å². The minimum atomic E-state index is 0.0115. The van der Waals surface area contributed by atoms with Gasteiger partial charge in [-0.05, 0) is 40.4 Å². The number of benzene rings is 1. The van der Waals surface area contributed by atoms with Crippen LogP contribution in [0.2, 0.25) is 0 Å². The van der Waals surface area contributed by atoms with Gasteiger partial charge in [0, 0.05) is 11.0 Å². The van der Waals surface area contributed by atoms with Crippen molar-refractivity contribution in [3.63, 3.8) is 0 Å². The van der Waals surface area contributed by atoms with Crippen LogP contribution < -0.4 is 5.32 Å². The number of hydrogen-bond acceptors (Lipinski definition) is 1. The smallest absolute Gasteiger partial charge is 0.252 e. The number of rotatable bonds is 7. The quantitative estimate of drug-likeness (QED) is 0.794. The van der Waals surface area contributed by atoms with Crippen molar-refractivity contribution in [1.82, 2.24) is 5.32 Å². The highest BCUT2D eigenvalue weighted by molar-refractivity contribution is 9.10. The zero-order valence-corrected chi connectivity index (χ0v) is 12.8. The molecule has 1 unspecified atom stereocenters. The van der Waals surface area contributed by atoms with Gasteiger partial charge in [0.2, 0.25) is 0 Å². The molecule has 2 nitrogen and oxygen atoms in total. The monoisotopic (exact) mass is 311 g/mol. The van der Waals surface area contributed by atoms with Crippen molar-refractivity contribution >= 4 is 21.8 Å². The normalized spacial score (nSPS) is 12.2. The lowest BCUT2D eigenvalue weighted by atomic mass is 9.99. The van der Waals surface area contributed by atoms with E-state index in [9.17, 15) is 4.79 Å². The Morgan fingerprint density at radius 3 is 2.67 bits per heavy atom. The Morgan fingerprint density at radius 2 is 2.06 bits per heavy atom. The van der Waals surface area contributed by atoms with Crippen LogP contribution in [0, 0.1) is 5.92 Å². The molecule has 0 fully saturated rings. The summed E-state index contributed by atoms with van der Waals surface area (Å²) in [6, 6.07) is 7.53. The van der Waals surface area contributed by atoms with Crippen molar-refractivity contribution in [2.24, 2.45) is 5.92 Å². The molecule has 1 N–H and O–H groups in total. The molecular weight excluding hydrogens is 290 g/mol. The molecule has 1 atom stereocenters. The fourth-order valence-electron chi connectivity index (χ4n) is 1.92. The highest BCUT2D eigenvalue weighted by atomic mass is 79.9. The van der Waals surface area contributed by atoms with Gasteiger partial charge in [-0.25, -0.2) is 0 Å². The van der Waals surface area contributed by atoms with Crippen LogP contribution in [0.5, 0.6) is 0 Å². The predicted octanol–water partition coefficient (Wildman–Crippen LogP) is 4.40. The molecule has 0 aromatic heterocycles. The van der Waals surface area contributed by atoms with Gasteiger partial charge in [-0.3, -0.25) is 4.79 Å². The highest BCUT2D eigenvalue weighted by Gasteiger charge is 2.11. The molecule has 1 aromatic rings. The second-order valence-corrected chi connectivity index (χ2v) is 5.46. The molecule has 0 aliphatic carbocycles. The summed E-state index contributed by atoms with van der Waals surface area (Å²) in [7, 11) is 0. The molecule has 3 heteroatoms. The van der Waals surface area contributed by atoms with E-state index < -0.39 is 0 Å². The fraction of sp³-hybridized carbons (Fsp3) is 0.533. The van der Waals surface area contributed by atoms with E-state index >= 15 is 0 Å². The number of halogens is 1. The van der Waals surface area contributed by atoms with Gasteiger partial charge in [-0.1, -0.05) is 45.2 Å². The topological polar surface area (TPSA) is 29.1 Å². The number of carbonyl (C=O) groups is 1. The van der Waals surface area contributed by atoms with Crippen LogP contribution in [0.15, 0.2) is 28.7 Å². The van der Waals surface area contributed by atoms with Gasteiger partial charge >= 0.3 is 0 Å². The van der Waals surface area contributed by atoms with Crippen LogP contribution in [0.1, 0.15) is 49.9 Å². The van der Waals surface area contributed by atoms with Gasteiger partial charge in [0.25, 0.3) is 5.91 Å². The van der Waals surface area contributed by atoms with E-state index in [-0.39, 0.29) is 5.91 Å². The second-order valence-electron chi connectivity index (χ2n) is 4.61. The summed E-state index contributed by atoms with van der Waals surface area (Å²) in [6.07, 6.45) is 4.78. The summed E-state index contributed by atoms with van der Waals surface area (Å²) in [5, 5.41) is 3.03. The van der Waals surface area contributed by atoms with Crippen molar-refractivity contribution in [3.05, 3.63) is 34.3 Å². The van der Waals surface area contributed by atoms with E-state index in [2.05, 4.69) is 35.1 Å². The highest BCUT2D eigenvalue weighted by Crippen LogP contribution is 2.16. The number of hydrogen-bond donors (Lipinski definition) is 1. The van der Waals surface area contributed by atoms with Crippen molar-refractivity contribution < 1.29 is 4.79 Å². The van der Waals surface area contributed by atoms with Crippen molar-refractivity contribution in [3.8, 4) is 0 Å². The van der Waals surface area contributed by atoms with Crippen molar-refractivity contribution in [2.75, 3.05) is 6.54 Å². The molecule has 18 heavy (non-hydrogen) atoms. The number of nitrogens with one attached hydrogen (secondary N) is 1. The Kier molecular flexibility index (Phi) is 7.02. The van der Waals surface area contributed by atoms with Gasteiger partial charge in [0.05, 0.1) is 5.56 Å². The SMILES string of the molecule is CCCCC(CC)CNC(=O)c1ccccc1Br. The summed E-state index contributed by atoms with van der Waals surface area (Å²) in [4.78, 5) is 12.0. The number of amides is 1. The zero-order chi connectivity index (χ0) is 13.4. The van der Waals surface area contributed by atoms with Gasteiger partial charge in [0.15, 0.2) is 0 Å². The van der Waals surface area contributed by atoms with Crippen molar-refractivity contribution in [1.29, 1.82) is 0 Å². The number of unbranched alkanes of at least 4 members (excludes halogenated alkanes) is 1. The Bertz CT molecular complexity index is 379. The lowest BCUT2D eigenvalue weighted by Crippen LogP contribution is -2.29. The van der Waals surface area contributed by atoms with Gasteiger partial charge in [0.1, 0.15) is 0 Å². The van der Waals surface area contributed by atoms with E-state index in [1.54, 1.807) is 0 Å². The molecule has 0 aliphatic rings.